The van der Waals surface area contributed by atoms with Crippen LogP contribution < -0.4 is 5.32 Å². The van der Waals surface area contributed by atoms with E-state index in [4.69, 9.17) is 0 Å². The first-order valence-corrected chi connectivity index (χ1v) is 7.22. The number of hydrogen-bond donors (Lipinski definition) is 1. The van der Waals surface area contributed by atoms with Gasteiger partial charge in [0.15, 0.2) is 0 Å². The van der Waals surface area contributed by atoms with Gasteiger partial charge in [-0.1, -0.05) is 45.4 Å². The molecule has 0 aromatic rings. The van der Waals surface area contributed by atoms with Crippen LogP contribution in [0.4, 0.5) is 0 Å². The van der Waals surface area contributed by atoms with Crippen LogP contribution in [0.3, 0.4) is 0 Å². The average Bonchev–Trinajstić information content (AvgIpc) is 2.55. The van der Waals surface area contributed by atoms with Gasteiger partial charge >= 0.3 is 0 Å². The summed E-state index contributed by atoms with van der Waals surface area (Å²) in [5.41, 5.74) is 0. The van der Waals surface area contributed by atoms with Crippen molar-refractivity contribution in [1.82, 2.24) is 10.2 Å². The first kappa shape index (κ1) is 14.0. The third kappa shape index (κ3) is 6.49. The molecule has 16 heavy (non-hydrogen) atoms. The smallest absolute Gasteiger partial charge is 0.0104 e. The average molecular weight is 226 g/mol. The van der Waals surface area contributed by atoms with Gasteiger partial charge in [-0.3, -0.25) is 0 Å². The fraction of sp³-hybridized carbons (Fsp3) is 1.00. The first-order valence-electron chi connectivity index (χ1n) is 7.22. The quantitative estimate of drug-likeness (QED) is 0.530. The van der Waals surface area contributed by atoms with Crippen molar-refractivity contribution in [3.05, 3.63) is 0 Å². The Morgan fingerprint density at radius 3 is 2.38 bits per heavy atom. The largest absolute Gasteiger partial charge is 0.316 e. The maximum atomic E-state index is 3.39. The van der Waals surface area contributed by atoms with Gasteiger partial charge in [-0.25, -0.2) is 0 Å². The molecule has 1 saturated carbocycles. The lowest BCUT2D eigenvalue weighted by atomic mass is 9.96. The van der Waals surface area contributed by atoms with Gasteiger partial charge in [0.25, 0.3) is 0 Å². The summed E-state index contributed by atoms with van der Waals surface area (Å²) in [4.78, 5) is 2.48. The summed E-state index contributed by atoms with van der Waals surface area (Å²) in [6, 6.07) is 0. The number of nitrogens with one attached hydrogen (secondary N) is 1. The van der Waals surface area contributed by atoms with E-state index in [-0.39, 0.29) is 0 Å². The molecule has 0 aliphatic heterocycles. The van der Waals surface area contributed by atoms with Crippen molar-refractivity contribution >= 4 is 0 Å². The van der Waals surface area contributed by atoms with E-state index >= 15 is 0 Å². The molecule has 0 bridgehead atoms. The molecule has 1 N–H and O–H groups in total. The van der Waals surface area contributed by atoms with Crippen LogP contribution in [0.5, 0.6) is 0 Å². The zero-order valence-electron chi connectivity index (χ0n) is 11.3. The zero-order valence-corrected chi connectivity index (χ0v) is 11.3. The predicted molar refractivity (Wildman–Crippen MR) is 71.8 cm³/mol. The topological polar surface area (TPSA) is 15.3 Å². The molecule has 0 aromatic carbocycles. The highest BCUT2D eigenvalue weighted by Crippen LogP contribution is 2.25. The van der Waals surface area contributed by atoms with E-state index in [2.05, 4.69) is 24.2 Å². The number of hydrogen-bond acceptors (Lipinski definition) is 2. The minimum atomic E-state index is 1.02. The van der Waals surface area contributed by atoms with E-state index in [1.165, 1.54) is 58.0 Å². The molecule has 0 amide bonds. The van der Waals surface area contributed by atoms with Crippen LogP contribution in [0.2, 0.25) is 0 Å². The fourth-order valence-electron chi connectivity index (χ4n) is 2.61. The summed E-state index contributed by atoms with van der Waals surface area (Å²) in [5, 5.41) is 3.39. The zero-order chi connectivity index (χ0) is 11.6. The van der Waals surface area contributed by atoms with Crippen molar-refractivity contribution in [1.29, 1.82) is 0 Å². The summed E-state index contributed by atoms with van der Waals surface area (Å²) in [5.74, 6) is 1.02. The van der Waals surface area contributed by atoms with Crippen LogP contribution in [0.25, 0.3) is 0 Å². The molecule has 0 unspecified atom stereocenters. The van der Waals surface area contributed by atoms with Gasteiger partial charge in [0, 0.05) is 13.1 Å². The Morgan fingerprint density at radius 2 is 1.75 bits per heavy atom. The molecular formula is C14H30N2. The van der Waals surface area contributed by atoms with E-state index in [0.717, 1.165) is 19.0 Å². The van der Waals surface area contributed by atoms with E-state index < -0.39 is 0 Å². The minimum Gasteiger partial charge on any atom is -0.316 e. The van der Waals surface area contributed by atoms with Crippen LogP contribution in [0, 0.1) is 5.92 Å². The molecule has 1 rings (SSSR count). The summed E-state index contributed by atoms with van der Waals surface area (Å²) < 4.78 is 0. The van der Waals surface area contributed by atoms with Crippen molar-refractivity contribution in [3.8, 4) is 0 Å². The van der Waals surface area contributed by atoms with Gasteiger partial charge < -0.3 is 10.2 Å². The minimum absolute atomic E-state index is 1.02. The van der Waals surface area contributed by atoms with Crippen LogP contribution in [-0.2, 0) is 0 Å². The third-order valence-corrected chi connectivity index (χ3v) is 3.81. The number of likely N-dealkylation sites (N-methyl/N-ethyl adjacent to an activating group) is 2. The summed E-state index contributed by atoms with van der Waals surface area (Å²) in [6.45, 7) is 6.89. The van der Waals surface area contributed by atoms with E-state index in [1.54, 1.807) is 0 Å². The van der Waals surface area contributed by atoms with Crippen LogP contribution >= 0.6 is 0 Å². The molecule has 2 nitrogen and oxygen atoms in total. The van der Waals surface area contributed by atoms with Crippen LogP contribution in [0.15, 0.2) is 0 Å². The highest BCUT2D eigenvalue weighted by Gasteiger charge is 2.12. The van der Waals surface area contributed by atoms with Gasteiger partial charge in [-0.15, -0.1) is 0 Å². The molecule has 0 atom stereocenters. The van der Waals surface area contributed by atoms with Gasteiger partial charge in [0.05, 0.1) is 0 Å². The molecule has 0 aromatic heterocycles. The van der Waals surface area contributed by atoms with Crippen molar-refractivity contribution in [3.63, 3.8) is 0 Å². The molecule has 96 valence electrons. The Bertz CT molecular complexity index is 151. The van der Waals surface area contributed by atoms with E-state index in [9.17, 15) is 0 Å². The van der Waals surface area contributed by atoms with Gasteiger partial charge in [-0.2, -0.15) is 0 Å². The molecule has 2 heteroatoms. The molecule has 0 heterocycles. The highest BCUT2D eigenvalue weighted by atomic mass is 15.1. The Labute approximate surface area is 102 Å². The number of rotatable bonds is 7. The highest BCUT2D eigenvalue weighted by molar-refractivity contribution is 4.66. The van der Waals surface area contributed by atoms with Crippen molar-refractivity contribution < 1.29 is 0 Å². The summed E-state index contributed by atoms with van der Waals surface area (Å²) in [7, 11) is 2.26. The second-order valence-electron chi connectivity index (χ2n) is 5.30. The lowest BCUT2D eigenvalue weighted by molar-refractivity contribution is 0.288. The summed E-state index contributed by atoms with van der Waals surface area (Å²) >= 11 is 0. The number of nitrogens with zero attached hydrogens (tertiary/aromatic N) is 1. The summed E-state index contributed by atoms with van der Waals surface area (Å²) in [6.07, 6.45) is 10.3. The van der Waals surface area contributed by atoms with E-state index in [0.29, 0.717) is 0 Å². The lowest BCUT2D eigenvalue weighted by Crippen LogP contribution is -2.30. The second-order valence-corrected chi connectivity index (χ2v) is 5.30. The Morgan fingerprint density at radius 1 is 1.06 bits per heavy atom. The standard InChI is InChI=1S/C14H30N2/c1-3-15-11-13-16(2)12-10-14-8-6-4-5-7-9-14/h14-15H,3-13H2,1-2H3. The van der Waals surface area contributed by atoms with Crippen molar-refractivity contribution in [2.75, 3.05) is 33.2 Å². The Hall–Kier alpha value is -0.0800. The van der Waals surface area contributed by atoms with Gasteiger partial charge in [-0.05, 0) is 32.5 Å². The molecule has 1 aliphatic rings. The van der Waals surface area contributed by atoms with Gasteiger partial charge in [0.1, 0.15) is 0 Å². The first-order chi connectivity index (χ1) is 7.83. The lowest BCUT2D eigenvalue weighted by Gasteiger charge is -2.20. The van der Waals surface area contributed by atoms with Gasteiger partial charge in [0.2, 0.25) is 0 Å². The second kappa shape index (κ2) is 9.00. The van der Waals surface area contributed by atoms with E-state index in [1.807, 2.05) is 0 Å². The Kier molecular flexibility index (Phi) is 7.87. The monoisotopic (exact) mass is 226 g/mol. The molecule has 0 spiro atoms. The van der Waals surface area contributed by atoms with Crippen molar-refractivity contribution in [2.45, 2.75) is 51.9 Å². The predicted octanol–water partition coefficient (Wildman–Crippen LogP) is 2.89. The van der Waals surface area contributed by atoms with Crippen LogP contribution in [0.1, 0.15) is 51.9 Å². The normalized spacial score (nSPS) is 18.9. The molecular weight excluding hydrogens is 196 g/mol. The Balaban J connectivity index is 2.03. The van der Waals surface area contributed by atoms with Crippen LogP contribution in [-0.4, -0.2) is 38.1 Å². The molecule has 0 radical (unpaired) electrons. The fourth-order valence-corrected chi connectivity index (χ4v) is 2.61. The maximum Gasteiger partial charge on any atom is 0.0104 e. The third-order valence-electron chi connectivity index (χ3n) is 3.81. The maximum absolute atomic E-state index is 3.39. The SMILES string of the molecule is CCNCCN(C)CCC1CCCCCC1. The van der Waals surface area contributed by atoms with Crippen molar-refractivity contribution in [2.24, 2.45) is 5.92 Å². The molecule has 1 aliphatic carbocycles. The molecule has 0 saturated heterocycles. The molecule has 1 fully saturated rings.